The Morgan fingerprint density at radius 3 is 2.52 bits per heavy atom. The largest absolute Gasteiger partial charge is 0.350 e. The van der Waals surface area contributed by atoms with Crippen LogP contribution >= 0.6 is 11.3 Å². The zero-order valence-corrected chi connectivity index (χ0v) is 17.2. The van der Waals surface area contributed by atoms with E-state index in [1.165, 1.54) is 4.31 Å². The molecule has 0 spiro atoms. The molecule has 1 saturated heterocycles. The Morgan fingerprint density at radius 1 is 1.26 bits per heavy atom. The number of aromatic nitrogens is 1. The third kappa shape index (κ3) is 4.75. The molecule has 0 atom stereocenters. The molecule has 27 heavy (non-hydrogen) atoms. The SMILES string of the molecule is CC(C)c1nc(CNC(=O)C2CCN(S(=O)(=O)c3ccccc3)CC2)cs1. The first kappa shape index (κ1) is 20.0. The fourth-order valence-corrected chi connectivity index (χ4v) is 5.42. The van der Waals surface area contributed by atoms with Gasteiger partial charge in [0, 0.05) is 30.3 Å². The van der Waals surface area contributed by atoms with Gasteiger partial charge in [0.1, 0.15) is 0 Å². The van der Waals surface area contributed by atoms with Crippen molar-refractivity contribution in [2.24, 2.45) is 5.92 Å². The van der Waals surface area contributed by atoms with E-state index in [4.69, 9.17) is 0 Å². The van der Waals surface area contributed by atoms with Gasteiger partial charge in [-0.15, -0.1) is 11.3 Å². The summed E-state index contributed by atoms with van der Waals surface area (Å²) in [4.78, 5) is 17.3. The van der Waals surface area contributed by atoms with Gasteiger partial charge in [0.05, 0.1) is 22.1 Å². The minimum absolute atomic E-state index is 0.0224. The molecule has 3 rings (SSSR count). The summed E-state index contributed by atoms with van der Waals surface area (Å²) < 4.78 is 26.8. The average molecular weight is 408 g/mol. The Labute approximate surface area is 164 Å². The molecule has 0 radical (unpaired) electrons. The van der Waals surface area contributed by atoms with Crippen LogP contribution in [0, 0.1) is 5.92 Å². The number of piperidine rings is 1. The number of nitrogens with one attached hydrogen (secondary N) is 1. The molecule has 1 N–H and O–H groups in total. The number of hydrogen-bond donors (Lipinski definition) is 1. The van der Waals surface area contributed by atoms with Crippen LogP contribution in [0.3, 0.4) is 0 Å². The quantitative estimate of drug-likeness (QED) is 0.798. The summed E-state index contributed by atoms with van der Waals surface area (Å²) in [6, 6.07) is 8.44. The van der Waals surface area contributed by atoms with Crippen molar-refractivity contribution >= 4 is 27.3 Å². The van der Waals surface area contributed by atoms with Crippen molar-refractivity contribution in [3.63, 3.8) is 0 Å². The molecule has 2 aromatic rings. The van der Waals surface area contributed by atoms with Crippen molar-refractivity contribution in [3.05, 3.63) is 46.4 Å². The van der Waals surface area contributed by atoms with Crippen LogP contribution in [0.15, 0.2) is 40.6 Å². The lowest BCUT2D eigenvalue weighted by atomic mass is 9.97. The van der Waals surface area contributed by atoms with E-state index in [2.05, 4.69) is 24.1 Å². The second-order valence-corrected chi connectivity index (χ2v) is 9.87. The van der Waals surface area contributed by atoms with Gasteiger partial charge in [-0.05, 0) is 25.0 Å². The maximum Gasteiger partial charge on any atom is 0.243 e. The summed E-state index contributed by atoms with van der Waals surface area (Å²) in [7, 11) is -3.48. The molecule has 1 aromatic heterocycles. The predicted octanol–water partition coefficient (Wildman–Crippen LogP) is 2.98. The van der Waals surface area contributed by atoms with E-state index in [0.29, 0.717) is 43.3 Å². The number of carbonyl (C=O) groups is 1. The van der Waals surface area contributed by atoms with E-state index in [-0.39, 0.29) is 11.8 Å². The number of carbonyl (C=O) groups excluding carboxylic acids is 1. The number of rotatable bonds is 6. The Hall–Kier alpha value is -1.77. The maximum atomic E-state index is 12.7. The van der Waals surface area contributed by atoms with E-state index in [1.54, 1.807) is 41.7 Å². The van der Waals surface area contributed by atoms with Crippen LogP contribution in [-0.2, 0) is 21.4 Å². The predicted molar refractivity (Wildman–Crippen MR) is 106 cm³/mol. The molecule has 0 unspecified atom stereocenters. The number of amides is 1. The van der Waals surface area contributed by atoms with Crippen molar-refractivity contribution in [1.29, 1.82) is 0 Å². The summed E-state index contributed by atoms with van der Waals surface area (Å²) in [5.41, 5.74) is 0.876. The Balaban J connectivity index is 1.52. The monoisotopic (exact) mass is 407 g/mol. The van der Waals surface area contributed by atoms with Crippen molar-refractivity contribution in [2.75, 3.05) is 13.1 Å². The fourth-order valence-electron chi connectivity index (χ4n) is 3.09. The van der Waals surface area contributed by atoms with Crippen LogP contribution in [0.25, 0.3) is 0 Å². The fraction of sp³-hybridized carbons (Fsp3) is 0.474. The van der Waals surface area contributed by atoms with Gasteiger partial charge in [0.2, 0.25) is 15.9 Å². The molecular formula is C19H25N3O3S2. The van der Waals surface area contributed by atoms with Gasteiger partial charge in [0.15, 0.2) is 0 Å². The Bertz CT molecular complexity index is 871. The molecule has 1 aliphatic rings. The molecule has 1 fully saturated rings. The van der Waals surface area contributed by atoms with Gasteiger partial charge in [0.25, 0.3) is 0 Å². The highest BCUT2D eigenvalue weighted by atomic mass is 32.2. The summed E-state index contributed by atoms with van der Waals surface area (Å²) in [6.07, 6.45) is 1.07. The molecule has 0 saturated carbocycles. The molecule has 8 heteroatoms. The van der Waals surface area contributed by atoms with Crippen LogP contribution in [0.5, 0.6) is 0 Å². The number of hydrogen-bond acceptors (Lipinski definition) is 5. The van der Waals surface area contributed by atoms with Gasteiger partial charge < -0.3 is 5.32 Å². The lowest BCUT2D eigenvalue weighted by molar-refractivity contribution is -0.126. The first-order valence-corrected chi connectivity index (χ1v) is 11.5. The van der Waals surface area contributed by atoms with Crippen molar-refractivity contribution in [2.45, 2.75) is 44.0 Å². The lowest BCUT2D eigenvalue weighted by Gasteiger charge is -2.30. The Morgan fingerprint density at radius 2 is 1.93 bits per heavy atom. The smallest absolute Gasteiger partial charge is 0.243 e. The molecular weight excluding hydrogens is 382 g/mol. The van der Waals surface area contributed by atoms with Crippen LogP contribution in [0.1, 0.15) is 43.3 Å². The van der Waals surface area contributed by atoms with Crippen LogP contribution in [0.4, 0.5) is 0 Å². The van der Waals surface area contributed by atoms with Crippen LogP contribution < -0.4 is 5.32 Å². The zero-order valence-electron chi connectivity index (χ0n) is 15.6. The van der Waals surface area contributed by atoms with Gasteiger partial charge in [-0.2, -0.15) is 4.31 Å². The first-order valence-electron chi connectivity index (χ1n) is 9.15. The van der Waals surface area contributed by atoms with Crippen molar-refractivity contribution < 1.29 is 13.2 Å². The molecule has 2 heterocycles. The number of sulfonamides is 1. The molecule has 1 amide bonds. The van der Waals surface area contributed by atoms with Crippen LogP contribution in [0.2, 0.25) is 0 Å². The highest BCUT2D eigenvalue weighted by Gasteiger charge is 2.31. The van der Waals surface area contributed by atoms with Crippen LogP contribution in [-0.4, -0.2) is 36.7 Å². The van der Waals surface area contributed by atoms with Gasteiger partial charge >= 0.3 is 0 Å². The van der Waals surface area contributed by atoms with Gasteiger partial charge in [-0.25, -0.2) is 13.4 Å². The highest BCUT2D eigenvalue weighted by molar-refractivity contribution is 7.89. The molecule has 1 aliphatic heterocycles. The van der Waals surface area contributed by atoms with Gasteiger partial charge in [-0.3, -0.25) is 4.79 Å². The Kier molecular flexibility index (Phi) is 6.29. The van der Waals surface area contributed by atoms with E-state index in [1.807, 2.05) is 5.38 Å². The van der Waals surface area contributed by atoms with Gasteiger partial charge in [-0.1, -0.05) is 32.0 Å². The van der Waals surface area contributed by atoms with E-state index in [9.17, 15) is 13.2 Å². The summed E-state index contributed by atoms with van der Waals surface area (Å²) in [6.45, 7) is 5.34. The third-order valence-corrected chi connectivity index (χ3v) is 7.82. The number of benzene rings is 1. The second kappa shape index (κ2) is 8.50. The molecule has 6 nitrogen and oxygen atoms in total. The molecule has 146 valence electrons. The zero-order chi connectivity index (χ0) is 19.4. The highest BCUT2D eigenvalue weighted by Crippen LogP contribution is 2.24. The number of thiazole rings is 1. The molecule has 0 bridgehead atoms. The standard InChI is InChI=1S/C19H25N3O3S2/c1-14(2)19-21-16(13-26-19)12-20-18(23)15-8-10-22(11-9-15)27(24,25)17-6-4-3-5-7-17/h3-7,13-15H,8-12H2,1-2H3,(H,20,23). The minimum Gasteiger partial charge on any atom is -0.350 e. The minimum atomic E-state index is -3.48. The van der Waals surface area contributed by atoms with Crippen molar-refractivity contribution in [3.8, 4) is 0 Å². The topological polar surface area (TPSA) is 79.4 Å². The van der Waals surface area contributed by atoms with E-state index >= 15 is 0 Å². The first-order chi connectivity index (χ1) is 12.9. The third-order valence-electron chi connectivity index (χ3n) is 4.71. The average Bonchev–Trinajstić information content (AvgIpc) is 3.16. The second-order valence-electron chi connectivity index (χ2n) is 7.04. The van der Waals surface area contributed by atoms with Crippen molar-refractivity contribution in [1.82, 2.24) is 14.6 Å². The summed E-state index contributed by atoms with van der Waals surface area (Å²) in [5.74, 6) is 0.205. The van der Waals surface area contributed by atoms with E-state index < -0.39 is 10.0 Å². The normalized spacial score (nSPS) is 16.6. The summed E-state index contributed by atoms with van der Waals surface area (Å²) >= 11 is 1.61. The summed E-state index contributed by atoms with van der Waals surface area (Å²) in [5, 5.41) is 5.99. The number of nitrogens with zero attached hydrogens (tertiary/aromatic N) is 2. The maximum absolute atomic E-state index is 12.7. The lowest BCUT2D eigenvalue weighted by Crippen LogP contribution is -2.42. The van der Waals surface area contributed by atoms with E-state index in [0.717, 1.165) is 10.7 Å². The molecule has 1 aromatic carbocycles. The molecule has 0 aliphatic carbocycles.